The zero-order valence-electron chi connectivity index (χ0n) is 21.2. The number of rotatable bonds is 6. The van der Waals surface area contributed by atoms with Crippen molar-refractivity contribution in [2.75, 3.05) is 18.6 Å². The van der Waals surface area contributed by atoms with Crippen molar-refractivity contribution in [2.24, 2.45) is 0 Å². The summed E-state index contributed by atoms with van der Waals surface area (Å²) in [7, 11) is 1.33. The van der Waals surface area contributed by atoms with Crippen LogP contribution in [0.1, 0.15) is 39.8 Å². The topological polar surface area (TPSA) is 107 Å². The molecule has 0 bridgehead atoms. The highest BCUT2D eigenvalue weighted by Crippen LogP contribution is 2.32. The molecule has 9 heteroatoms. The third-order valence-corrected chi connectivity index (χ3v) is 6.14. The molecule has 1 saturated heterocycles. The minimum Gasteiger partial charge on any atom is -0.492 e. The fourth-order valence-electron chi connectivity index (χ4n) is 4.41. The molecule has 1 aliphatic rings. The Hall–Kier alpha value is -4.66. The van der Waals surface area contributed by atoms with Gasteiger partial charge in [-0.1, -0.05) is 12.1 Å². The van der Waals surface area contributed by atoms with Gasteiger partial charge in [0.25, 0.3) is 11.8 Å². The summed E-state index contributed by atoms with van der Waals surface area (Å²) in [6.07, 6.45) is 1.48. The Morgan fingerprint density at radius 2 is 1.73 bits per heavy atom. The molecular formula is C28H27N3O6. The SMILES string of the molecule is CCOc1ccccc1N1C(=O)NC(=O)/C(=C\c2cc(C)n(-c3ccc(C(=O)OC)cc3C)c2C)C1=O. The number of ether oxygens (including phenoxy) is 2. The highest BCUT2D eigenvalue weighted by molar-refractivity contribution is 6.39. The van der Waals surface area contributed by atoms with E-state index in [0.29, 0.717) is 23.5 Å². The average Bonchev–Trinajstić information content (AvgIpc) is 3.14. The zero-order valence-corrected chi connectivity index (χ0v) is 21.2. The van der Waals surface area contributed by atoms with E-state index in [4.69, 9.17) is 9.47 Å². The summed E-state index contributed by atoms with van der Waals surface area (Å²) in [4.78, 5) is 51.6. The van der Waals surface area contributed by atoms with Crippen molar-refractivity contribution in [3.8, 4) is 11.4 Å². The summed E-state index contributed by atoms with van der Waals surface area (Å²) in [5, 5.41) is 2.25. The Balaban J connectivity index is 1.76. The first-order chi connectivity index (χ1) is 17.7. The van der Waals surface area contributed by atoms with E-state index in [1.807, 2.05) is 37.5 Å². The Labute approximate surface area is 214 Å². The van der Waals surface area contributed by atoms with Gasteiger partial charge in [0.1, 0.15) is 11.3 Å². The van der Waals surface area contributed by atoms with Gasteiger partial charge in [0.05, 0.1) is 25.0 Å². The second-order valence-electron chi connectivity index (χ2n) is 8.51. The molecule has 37 heavy (non-hydrogen) atoms. The second-order valence-corrected chi connectivity index (χ2v) is 8.51. The predicted molar refractivity (Wildman–Crippen MR) is 138 cm³/mol. The van der Waals surface area contributed by atoms with E-state index in [0.717, 1.165) is 27.5 Å². The first kappa shape index (κ1) is 25.4. The molecule has 0 saturated carbocycles. The van der Waals surface area contributed by atoms with Gasteiger partial charge in [-0.05, 0) is 81.3 Å². The maximum atomic E-state index is 13.4. The molecule has 4 rings (SSSR count). The number of urea groups is 1. The van der Waals surface area contributed by atoms with Gasteiger partial charge in [0, 0.05) is 17.1 Å². The number of nitrogens with zero attached hydrogens (tertiary/aromatic N) is 2. The number of carbonyl (C=O) groups excluding carboxylic acids is 4. The molecule has 2 heterocycles. The number of carbonyl (C=O) groups is 4. The summed E-state index contributed by atoms with van der Waals surface area (Å²) < 4.78 is 12.4. The van der Waals surface area contributed by atoms with Gasteiger partial charge >= 0.3 is 12.0 Å². The quantitative estimate of drug-likeness (QED) is 0.307. The number of aromatic nitrogens is 1. The van der Waals surface area contributed by atoms with Crippen LogP contribution in [-0.4, -0.2) is 42.1 Å². The van der Waals surface area contributed by atoms with Crippen LogP contribution >= 0.6 is 0 Å². The largest absolute Gasteiger partial charge is 0.492 e. The Kier molecular flexibility index (Phi) is 6.97. The highest BCUT2D eigenvalue weighted by Gasteiger charge is 2.38. The maximum absolute atomic E-state index is 13.4. The van der Waals surface area contributed by atoms with Crippen molar-refractivity contribution in [3.05, 3.63) is 82.2 Å². The van der Waals surface area contributed by atoms with Crippen LogP contribution < -0.4 is 15.0 Å². The Bertz CT molecular complexity index is 1470. The predicted octanol–water partition coefficient (Wildman–Crippen LogP) is 4.25. The summed E-state index contributed by atoms with van der Waals surface area (Å²) in [6.45, 7) is 7.79. The molecule has 3 aromatic rings. The molecule has 190 valence electrons. The summed E-state index contributed by atoms with van der Waals surface area (Å²) in [5.74, 6) is -1.59. The highest BCUT2D eigenvalue weighted by atomic mass is 16.5. The van der Waals surface area contributed by atoms with E-state index in [1.54, 1.807) is 43.3 Å². The molecule has 1 aromatic heterocycles. The van der Waals surface area contributed by atoms with E-state index >= 15 is 0 Å². The van der Waals surface area contributed by atoms with Crippen LogP contribution in [0, 0.1) is 20.8 Å². The number of anilines is 1. The number of esters is 1. The van der Waals surface area contributed by atoms with Gasteiger partial charge in [0.15, 0.2) is 0 Å². The third-order valence-electron chi connectivity index (χ3n) is 6.14. The normalized spacial score (nSPS) is 14.7. The molecule has 0 radical (unpaired) electrons. The van der Waals surface area contributed by atoms with Crippen LogP contribution in [0.4, 0.5) is 10.5 Å². The number of para-hydroxylation sites is 2. The van der Waals surface area contributed by atoms with Crippen molar-refractivity contribution in [1.29, 1.82) is 0 Å². The van der Waals surface area contributed by atoms with Crippen molar-refractivity contribution in [2.45, 2.75) is 27.7 Å². The van der Waals surface area contributed by atoms with Gasteiger partial charge in [-0.3, -0.25) is 14.9 Å². The number of methoxy groups -OCH3 is 1. The molecule has 1 aliphatic heterocycles. The molecular weight excluding hydrogens is 474 g/mol. The monoisotopic (exact) mass is 501 g/mol. The van der Waals surface area contributed by atoms with Crippen LogP contribution in [0.15, 0.2) is 54.1 Å². The summed E-state index contributed by atoms with van der Waals surface area (Å²) in [6, 6.07) is 12.9. The van der Waals surface area contributed by atoms with E-state index in [1.165, 1.54) is 13.2 Å². The number of nitrogens with one attached hydrogen (secondary N) is 1. The van der Waals surface area contributed by atoms with Gasteiger partial charge in [0.2, 0.25) is 0 Å². The smallest absolute Gasteiger partial charge is 0.337 e. The average molecular weight is 502 g/mol. The first-order valence-electron chi connectivity index (χ1n) is 11.7. The van der Waals surface area contributed by atoms with Crippen LogP contribution in [0.3, 0.4) is 0 Å². The minimum atomic E-state index is -0.842. The number of amides is 4. The number of hydrogen-bond acceptors (Lipinski definition) is 6. The maximum Gasteiger partial charge on any atom is 0.337 e. The summed E-state index contributed by atoms with van der Waals surface area (Å²) in [5.41, 5.74) is 4.47. The van der Waals surface area contributed by atoms with E-state index in [9.17, 15) is 19.2 Å². The molecule has 0 atom stereocenters. The molecule has 1 fully saturated rings. The lowest BCUT2D eigenvalue weighted by molar-refractivity contribution is -0.122. The lowest BCUT2D eigenvalue weighted by Crippen LogP contribution is -2.54. The van der Waals surface area contributed by atoms with Crippen molar-refractivity contribution >= 4 is 35.6 Å². The molecule has 0 aliphatic carbocycles. The molecule has 2 aromatic carbocycles. The number of benzene rings is 2. The minimum absolute atomic E-state index is 0.177. The van der Waals surface area contributed by atoms with Crippen molar-refractivity contribution in [3.63, 3.8) is 0 Å². The van der Waals surface area contributed by atoms with Gasteiger partial charge in [-0.2, -0.15) is 0 Å². The van der Waals surface area contributed by atoms with Gasteiger partial charge < -0.3 is 14.0 Å². The van der Waals surface area contributed by atoms with Crippen LogP contribution in [0.5, 0.6) is 5.75 Å². The van der Waals surface area contributed by atoms with E-state index < -0.39 is 23.8 Å². The lowest BCUT2D eigenvalue weighted by atomic mass is 10.1. The first-order valence-corrected chi connectivity index (χ1v) is 11.7. The fourth-order valence-corrected chi connectivity index (χ4v) is 4.41. The molecule has 9 nitrogen and oxygen atoms in total. The Morgan fingerprint density at radius 3 is 2.41 bits per heavy atom. The number of aryl methyl sites for hydroxylation is 2. The fraction of sp³-hybridized carbons (Fsp3) is 0.214. The van der Waals surface area contributed by atoms with Gasteiger partial charge in [-0.15, -0.1) is 0 Å². The van der Waals surface area contributed by atoms with Crippen LogP contribution in [0.2, 0.25) is 0 Å². The molecule has 1 N–H and O–H groups in total. The summed E-state index contributed by atoms with van der Waals surface area (Å²) >= 11 is 0. The number of imide groups is 2. The zero-order chi connectivity index (χ0) is 26.9. The number of barbiturate groups is 1. The molecule has 0 unspecified atom stereocenters. The lowest BCUT2D eigenvalue weighted by Gasteiger charge is -2.27. The van der Waals surface area contributed by atoms with Crippen LogP contribution in [-0.2, 0) is 14.3 Å². The number of hydrogen-bond donors (Lipinski definition) is 1. The van der Waals surface area contributed by atoms with Crippen LogP contribution in [0.25, 0.3) is 11.8 Å². The third kappa shape index (κ3) is 4.63. The molecule has 4 amide bonds. The van der Waals surface area contributed by atoms with Crippen molar-refractivity contribution < 1.29 is 28.7 Å². The van der Waals surface area contributed by atoms with Crippen molar-refractivity contribution in [1.82, 2.24) is 9.88 Å². The Morgan fingerprint density at radius 1 is 1.00 bits per heavy atom. The second kappa shape index (κ2) is 10.1. The van der Waals surface area contributed by atoms with E-state index in [2.05, 4.69) is 5.32 Å². The van der Waals surface area contributed by atoms with E-state index in [-0.39, 0.29) is 11.3 Å². The standard InChI is InChI=1S/C28H27N3O6/c1-6-37-24-10-8-7-9-23(24)31-26(33)21(25(32)29-28(31)35)15-20-14-17(3)30(18(20)4)22-12-11-19(13-16(22)2)27(34)36-5/h7-15H,6H2,1-5H3,(H,29,32,35)/b21-15+. The molecule has 0 spiro atoms. The van der Waals surface area contributed by atoms with Gasteiger partial charge in [-0.25, -0.2) is 14.5 Å².